The smallest absolute Gasteiger partial charge is 0.207 e. The Morgan fingerprint density at radius 2 is 1.72 bits per heavy atom. The lowest BCUT2D eigenvalue weighted by Gasteiger charge is -2.39. The maximum Gasteiger partial charge on any atom is 0.244 e. The molecule has 128 valence electrons. The van der Waals surface area contributed by atoms with Gasteiger partial charge in [-0.15, -0.1) is 0 Å². The van der Waals surface area contributed by atoms with Crippen LogP contribution < -0.4 is 0 Å². The summed E-state index contributed by atoms with van der Waals surface area (Å²) in [5.74, 6) is 0.0164. The zero-order chi connectivity index (χ0) is 17.7. The third-order valence-electron chi connectivity index (χ3n) is 5.42. The summed E-state index contributed by atoms with van der Waals surface area (Å²) in [6, 6.07) is 17.2. The van der Waals surface area contributed by atoms with Crippen LogP contribution in [-0.4, -0.2) is 24.8 Å². The fourth-order valence-electron chi connectivity index (χ4n) is 3.96. The van der Waals surface area contributed by atoms with Gasteiger partial charge in [-0.25, -0.2) is 8.42 Å². The van der Waals surface area contributed by atoms with Crippen LogP contribution in [0.4, 0.5) is 0 Å². The Morgan fingerprint density at radius 1 is 1.04 bits per heavy atom. The van der Waals surface area contributed by atoms with Gasteiger partial charge in [0.2, 0.25) is 10.0 Å². The number of hydrogen-bond donors (Lipinski definition) is 0. The number of aryl methyl sites for hydroxylation is 1. The summed E-state index contributed by atoms with van der Waals surface area (Å²) in [7, 11) is -3.57. The van der Waals surface area contributed by atoms with E-state index in [4.69, 9.17) is 0 Å². The third-order valence-corrected chi connectivity index (χ3v) is 7.40. The molecular weight excluding hydrogens is 330 g/mol. The van der Waals surface area contributed by atoms with Crippen LogP contribution in [0, 0.1) is 6.92 Å². The fraction of sp³-hybridized carbons (Fsp3) is 0.238. The van der Waals surface area contributed by atoms with Gasteiger partial charge < -0.3 is 0 Å². The molecule has 2 aromatic rings. The second-order valence-corrected chi connectivity index (χ2v) is 8.77. The van der Waals surface area contributed by atoms with Crippen molar-refractivity contribution in [1.82, 2.24) is 4.31 Å². The van der Waals surface area contributed by atoms with Crippen molar-refractivity contribution in [3.63, 3.8) is 0 Å². The first kappa shape index (κ1) is 16.3. The molecule has 0 amide bonds. The molecule has 4 rings (SSSR count). The van der Waals surface area contributed by atoms with Crippen molar-refractivity contribution in [1.29, 1.82) is 0 Å². The summed E-state index contributed by atoms with van der Waals surface area (Å²) in [6.07, 6.45) is 6.23. The van der Waals surface area contributed by atoms with Crippen molar-refractivity contribution in [2.45, 2.75) is 30.2 Å². The monoisotopic (exact) mass is 351 g/mol. The highest BCUT2D eigenvalue weighted by Gasteiger charge is 2.52. The number of benzene rings is 2. The molecule has 0 bridgehead atoms. The quantitative estimate of drug-likeness (QED) is 0.837. The lowest BCUT2D eigenvalue weighted by Crippen LogP contribution is -2.49. The Balaban J connectivity index is 1.78. The molecule has 0 N–H and O–H groups in total. The molecule has 25 heavy (non-hydrogen) atoms. The van der Waals surface area contributed by atoms with E-state index in [1.165, 1.54) is 0 Å². The summed E-state index contributed by atoms with van der Waals surface area (Å²) in [6.45, 7) is 4.41. The summed E-state index contributed by atoms with van der Waals surface area (Å²) < 4.78 is 28.3. The molecular formula is C21H21NO2S. The van der Waals surface area contributed by atoms with Gasteiger partial charge in [0.1, 0.15) is 0 Å². The number of hydrogen-bond acceptors (Lipinski definition) is 2. The molecule has 0 saturated heterocycles. The normalized spacial score (nSPS) is 25.8. The van der Waals surface area contributed by atoms with E-state index in [1.54, 1.807) is 16.4 Å². The molecule has 3 nitrogen and oxygen atoms in total. The molecule has 0 spiro atoms. The van der Waals surface area contributed by atoms with Gasteiger partial charge in [0.15, 0.2) is 0 Å². The molecule has 0 aromatic heterocycles. The molecule has 1 aliphatic carbocycles. The Hall–Kier alpha value is -2.17. The Kier molecular flexibility index (Phi) is 3.71. The number of fused-ring (bicyclic) bond motifs is 1. The molecule has 2 aromatic carbocycles. The largest absolute Gasteiger partial charge is 0.244 e. The van der Waals surface area contributed by atoms with Gasteiger partial charge in [-0.3, -0.25) is 0 Å². The highest BCUT2D eigenvalue weighted by atomic mass is 32.2. The Bertz CT molecular complexity index is 959. The van der Waals surface area contributed by atoms with E-state index < -0.39 is 15.6 Å². The highest BCUT2D eigenvalue weighted by molar-refractivity contribution is 7.89. The van der Waals surface area contributed by atoms with E-state index in [0.717, 1.165) is 16.7 Å². The van der Waals surface area contributed by atoms with Crippen LogP contribution in [0.1, 0.15) is 24.0 Å². The van der Waals surface area contributed by atoms with Crippen LogP contribution in [0.15, 0.2) is 83.3 Å². The number of rotatable bonds is 3. The van der Waals surface area contributed by atoms with Gasteiger partial charge in [-0.2, -0.15) is 4.31 Å². The van der Waals surface area contributed by atoms with Crippen LogP contribution in [0.3, 0.4) is 0 Å². The number of nitrogens with zero attached hydrogens (tertiary/aromatic N) is 1. The van der Waals surface area contributed by atoms with Gasteiger partial charge in [0, 0.05) is 12.5 Å². The average molecular weight is 351 g/mol. The SMILES string of the molecule is Cc1ccc(S(=O)(=O)N2CC=C3C=C[C@H](c4ccccc4)[C@]32C)cc1. The first-order chi connectivity index (χ1) is 11.9. The Morgan fingerprint density at radius 3 is 2.40 bits per heavy atom. The van der Waals surface area contributed by atoms with Crippen LogP contribution in [0.5, 0.6) is 0 Å². The minimum Gasteiger partial charge on any atom is -0.207 e. The minimum atomic E-state index is -3.57. The topological polar surface area (TPSA) is 37.4 Å². The van der Waals surface area contributed by atoms with E-state index in [2.05, 4.69) is 24.3 Å². The van der Waals surface area contributed by atoms with Crippen molar-refractivity contribution in [2.24, 2.45) is 0 Å². The van der Waals surface area contributed by atoms with Gasteiger partial charge in [0.05, 0.1) is 10.4 Å². The lowest BCUT2D eigenvalue weighted by molar-refractivity contribution is 0.276. The van der Waals surface area contributed by atoms with E-state index >= 15 is 0 Å². The molecule has 1 aliphatic heterocycles. The fourth-order valence-corrected chi connectivity index (χ4v) is 5.69. The maximum absolute atomic E-state index is 13.3. The molecule has 4 heteroatoms. The predicted octanol–water partition coefficient (Wildman–Crippen LogP) is 4.04. The third kappa shape index (κ3) is 2.40. The van der Waals surface area contributed by atoms with Crippen LogP contribution in [-0.2, 0) is 10.0 Å². The van der Waals surface area contributed by atoms with Gasteiger partial charge in [-0.1, -0.05) is 66.3 Å². The zero-order valence-corrected chi connectivity index (χ0v) is 15.2. The molecule has 0 unspecified atom stereocenters. The molecule has 2 aliphatic rings. The average Bonchev–Trinajstić information content (AvgIpc) is 3.10. The summed E-state index contributed by atoms with van der Waals surface area (Å²) in [5, 5.41) is 0. The summed E-state index contributed by atoms with van der Waals surface area (Å²) in [4.78, 5) is 0.354. The molecule has 0 saturated carbocycles. The summed E-state index contributed by atoms with van der Waals surface area (Å²) in [5.41, 5.74) is 2.69. The van der Waals surface area contributed by atoms with E-state index in [9.17, 15) is 8.42 Å². The van der Waals surface area contributed by atoms with Gasteiger partial charge in [0.25, 0.3) is 0 Å². The molecule has 0 fully saturated rings. The molecule has 2 atom stereocenters. The Labute approximate surface area is 149 Å². The second-order valence-electron chi connectivity index (χ2n) is 6.90. The predicted molar refractivity (Wildman–Crippen MR) is 99.9 cm³/mol. The standard InChI is InChI=1S/C21H21NO2S/c1-16-8-11-19(12-9-16)25(23,24)22-15-14-18-10-13-20(21(18,22)2)17-6-4-3-5-7-17/h3-14,20H,15H2,1-2H3/t20-,21+/m1/s1. The van der Waals surface area contributed by atoms with Crippen molar-refractivity contribution in [3.8, 4) is 0 Å². The van der Waals surface area contributed by atoms with Crippen LogP contribution in [0.25, 0.3) is 0 Å². The molecule has 1 heterocycles. The van der Waals surface area contributed by atoms with E-state index in [1.807, 2.05) is 50.3 Å². The first-order valence-electron chi connectivity index (χ1n) is 8.47. The van der Waals surface area contributed by atoms with Crippen LogP contribution in [0.2, 0.25) is 0 Å². The summed E-state index contributed by atoms with van der Waals surface area (Å²) >= 11 is 0. The van der Waals surface area contributed by atoms with Crippen LogP contribution >= 0.6 is 0 Å². The van der Waals surface area contributed by atoms with Gasteiger partial charge >= 0.3 is 0 Å². The lowest BCUT2D eigenvalue weighted by atomic mass is 9.82. The second kappa shape index (κ2) is 5.68. The van der Waals surface area contributed by atoms with Crippen molar-refractivity contribution in [2.75, 3.05) is 6.54 Å². The molecule has 0 radical (unpaired) electrons. The van der Waals surface area contributed by atoms with Crippen molar-refractivity contribution >= 4 is 10.0 Å². The van der Waals surface area contributed by atoms with Gasteiger partial charge in [-0.05, 0) is 37.1 Å². The zero-order valence-electron chi connectivity index (χ0n) is 14.4. The van der Waals surface area contributed by atoms with Crippen molar-refractivity contribution < 1.29 is 8.42 Å². The first-order valence-corrected chi connectivity index (χ1v) is 9.91. The number of sulfonamides is 1. The maximum atomic E-state index is 13.3. The minimum absolute atomic E-state index is 0.0164. The van der Waals surface area contributed by atoms with E-state index in [0.29, 0.717) is 11.4 Å². The van der Waals surface area contributed by atoms with E-state index in [-0.39, 0.29) is 5.92 Å². The van der Waals surface area contributed by atoms with Crippen molar-refractivity contribution in [3.05, 3.63) is 89.5 Å². The highest BCUT2D eigenvalue weighted by Crippen LogP contribution is 2.50.